The van der Waals surface area contributed by atoms with E-state index in [9.17, 15) is 19.1 Å². The molecule has 1 aliphatic heterocycles. The van der Waals surface area contributed by atoms with Crippen molar-refractivity contribution < 1.29 is 19.1 Å². The molecule has 2 heterocycles. The average molecular weight is 371 g/mol. The van der Waals surface area contributed by atoms with Crippen LogP contribution in [0.25, 0.3) is 5.69 Å². The number of benzene rings is 1. The molecule has 1 saturated heterocycles. The summed E-state index contributed by atoms with van der Waals surface area (Å²) in [5.41, 5.74) is 2.95. The summed E-state index contributed by atoms with van der Waals surface area (Å²) >= 11 is 0. The van der Waals surface area contributed by atoms with E-state index in [4.69, 9.17) is 0 Å². The van der Waals surface area contributed by atoms with E-state index in [-0.39, 0.29) is 17.6 Å². The highest BCUT2D eigenvalue weighted by atomic mass is 19.1. The van der Waals surface area contributed by atoms with Crippen LogP contribution in [0.4, 0.5) is 4.39 Å². The van der Waals surface area contributed by atoms with E-state index >= 15 is 0 Å². The third kappa shape index (κ3) is 3.11. The fraction of sp³-hybridized carbons (Fsp3) is 0.450. The van der Waals surface area contributed by atoms with Gasteiger partial charge in [-0.2, -0.15) is 5.10 Å². The summed E-state index contributed by atoms with van der Waals surface area (Å²) in [5, 5.41) is 13.8. The number of carboxylic acid groups (broad SMARTS) is 1. The van der Waals surface area contributed by atoms with Crippen LogP contribution >= 0.6 is 0 Å². The quantitative estimate of drug-likeness (QED) is 0.900. The molecule has 142 valence electrons. The number of carbonyl (C=O) groups is 2. The third-order valence-electron chi connectivity index (χ3n) is 5.70. The van der Waals surface area contributed by atoms with Crippen LogP contribution in [0, 0.1) is 17.7 Å². The Bertz CT molecular complexity index is 908. The second-order valence-corrected chi connectivity index (χ2v) is 7.48. The molecular weight excluding hydrogens is 349 g/mol. The van der Waals surface area contributed by atoms with Gasteiger partial charge in [0.05, 0.1) is 11.6 Å². The zero-order valence-corrected chi connectivity index (χ0v) is 15.2. The number of hydrogen-bond acceptors (Lipinski definition) is 3. The van der Waals surface area contributed by atoms with Gasteiger partial charge in [0, 0.05) is 24.3 Å². The Morgan fingerprint density at radius 3 is 2.81 bits per heavy atom. The van der Waals surface area contributed by atoms with E-state index in [0.29, 0.717) is 30.9 Å². The normalized spacial score (nSPS) is 21.9. The van der Waals surface area contributed by atoms with Gasteiger partial charge in [0.25, 0.3) is 5.91 Å². The first kappa shape index (κ1) is 17.7. The van der Waals surface area contributed by atoms with Gasteiger partial charge in [0.1, 0.15) is 5.82 Å². The second-order valence-electron chi connectivity index (χ2n) is 7.48. The minimum Gasteiger partial charge on any atom is -0.481 e. The maximum atomic E-state index is 13.6. The zero-order valence-electron chi connectivity index (χ0n) is 15.2. The van der Waals surface area contributed by atoms with Crippen LogP contribution in [-0.2, 0) is 17.6 Å². The molecule has 4 rings (SSSR count). The number of likely N-dealkylation sites (tertiary alicyclic amines) is 1. The Kier molecular flexibility index (Phi) is 4.45. The van der Waals surface area contributed by atoms with Crippen LogP contribution in [0.1, 0.15) is 41.5 Å². The first-order valence-electron chi connectivity index (χ1n) is 9.34. The van der Waals surface area contributed by atoms with Gasteiger partial charge in [-0.15, -0.1) is 0 Å². The van der Waals surface area contributed by atoms with E-state index in [1.807, 2.05) is 6.92 Å². The van der Waals surface area contributed by atoms with Gasteiger partial charge in [0.15, 0.2) is 5.69 Å². The van der Waals surface area contributed by atoms with Crippen molar-refractivity contribution in [2.75, 3.05) is 13.1 Å². The second kappa shape index (κ2) is 6.79. The molecule has 1 fully saturated rings. The number of halogens is 1. The van der Waals surface area contributed by atoms with Gasteiger partial charge < -0.3 is 10.0 Å². The lowest BCUT2D eigenvalue weighted by Crippen LogP contribution is -2.45. The summed E-state index contributed by atoms with van der Waals surface area (Å²) in [4.78, 5) is 26.1. The summed E-state index contributed by atoms with van der Waals surface area (Å²) in [6.07, 6.45) is 2.99. The number of hydrogen-bond donors (Lipinski definition) is 1. The molecule has 1 N–H and O–H groups in total. The zero-order chi connectivity index (χ0) is 19.1. The molecule has 2 unspecified atom stereocenters. The third-order valence-corrected chi connectivity index (χ3v) is 5.70. The van der Waals surface area contributed by atoms with Gasteiger partial charge in [0.2, 0.25) is 0 Å². The van der Waals surface area contributed by atoms with Crippen molar-refractivity contribution in [2.45, 2.75) is 32.6 Å². The van der Waals surface area contributed by atoms with E-state index in [2.05, 4.69) is 5.10 Å². The molecule has 1 aromatic carbocycles. The van der Waals surface area contributed by atoms with Crippen molar-refractivity contribution in [3.63, 3.8) is 0 Å². The van der Waals surface area contributed by atoms with E-state index in [0.717, 1.165) is 30.5 Å². The van der Waals surface area contributed by atoms with Crippen LogP contribution in [-0.4, -0.2) is 44.8 Å². The highest BCUT2D eigenvalue weighted by Crippen LogP contribution is 2.30. The molecule has 6 nitrogen and oxygen atoms in total. The molecule has 0 bridgehead atoms. The number of carboxylic acids is 1. The molecule has 1 amide bonds. The number of carbonyl (C=O) groups excluding carboxylic acids is 1. The van der Waals surface area contributed by atoms with Crippen LogP contribution in [0.5, 0.6) is 0 Å². The summed E-state index contributed by atoms with van der Waals surface area (Å²) < 4.78 is 15.3. The summed E-state index contributed by atoms with van der Waals surface area (Å²) in [7, 11) is 0. The lowest BCUT2D eigenvalue weighted by molar-refractivity contribution is -0.145. The number of nitrogens with zero attached hydrogens (tertiary/aromatic N) is 3. The summed E-state index contributed by atoms with van der Waals surface area (Å²) in [6, 6.07) is 6.21. The highest BCUT2D eigenvalue weighted by molar-refractivity contribution is 5.94. The number of amides is 1. The Labute approximate surface area is 156 Å². The van der Waals surface area contributed by atoms with Crippen molar-refractivity contribution in [2.24, 2.45) is 11.8 Å². The maximum Gasteiger partial charge on any atom is 0.306 e. The standard InChI is InChI=1S/C20H22FN3O3/c1-12-11-23(9-8-15(12)20(26)27)19(25)18-16-6-3-7-17(16)24(22-18)14-5-2-4-13(21)10-14/h2,4-5,10,12,15H,3,6-9,11H2,1H3,(H,26,27). The monoisotopic (exact) mass is 371 g/mol. The fourth-order valence-electron chi connectivity index (χ4n) is 4.28. The lowest BCUT2D eigenvalue weighted by atomic mass is 9.87. The Balaban J connectivity index is 1.64. The van der Waals surface area contributed by atoms with Gasteiger partial charge in [-0.25, -0.2) is 9.07 Å². The average Bonchev–Trinajstić information content (AvgIpc) is 3.23. The smallest absolute Gasteiger partial charge is 0.306 e. The molecular formula is C20H22FN3O3. The van der Waals surface area contributed by atoms with Crippen molar-refractivity contribution in [1.29, 1.82) is 0 Å². The molecule has 0 spiro atoms. The molecule has 7 heteroatoms. The number of piperidine rings is 1. The number of aromatic nitrogens is 2. The van der Waals surface area contributed by atoms with Crippen LogP contribution in [0.3, 0.4) is 0 Å². The first-order chi connectivity index (χ1) is 13.0. The molecule has 2 aromatic rings. The maximum absolute atomic E-state index is 13.6. The molecule has 27 heavy (non-hydrogen) atoms. The first-order valence-corrected chi connectivity index (χ1v) is 9.34. The summed E-state index contributed by atoms with van der Waals surface area (Å²) in [5.74, 6) is -1.81. The molecule has 1 aromatic heterocycles. The largest absolute Gasteiger partial charge is 0.481 e. The predicted molar refractivity (Wildman–Crippen MR) is 96.4 cm³/mol. The van der Waals surface area contributed by atoms with E-state index < -0.39 is 11.9 Å². The van der Waals surface area contributed by atoms with Gasteiger partial charge >= 0.3 is 5.97 Å². The number of fused-ring (bicyclic) bond motifs is 1. The lowest BCUT2D eigenvalue weighted by Gasteiger charge is -2.34. The van der Waals surface area contributed by atoms with E-state index in [1.165, 1.54) is 12.1 Å². The highest BCUT2D eigenvalue weighted by Gasteiger charge is 2.36. The Hall–Kier alpha value is -2.70. The molecule has 0 radical (unpaired) electrons. The van der Waals surface area contributed by atoms with Crippen molar-refractivity contribution in [3.8, 4) is 5.69 Å². The predicted octanol–water partition coefficient (Wildman–Crippen LogP) is 2.68. The minimum absolute atomic E-state index is 0.0986. The minimum atomic E-state index is -0.800. The van der Waals surface area contributed by atoms with Gasteiger partial charge in [-0.3, -0.25) is 9.59 Å². The van der Waals surface area contributed by atoms with Crippen molar-refractivity contribution >= 4 is 11.9 Å². The molecule has 0 saturated carbocycles. The topological polar surface area (TPSA) is 75.4 Å². The van der Waals surface area contributed by atoms with Crippen LogP contribution in [0.15, 0.2) is 24.3 Å². The molecule has 1 aliphatic carbocycles. The Morgan fingerprint density at radius 2 is 2.11 bits per heavy atom. The van der Waals surface area contributed by atoms with Gasteiger partial charge in [-0.1, -0.05) is 13.0 Å². The fourth-order valence-corrected chi connectivity index (χ4v) is 4.28. The summed E-state index contributed by atoms with van der Waals surface area (Å²) in [6.45, 7) is 2.70. The van der Waals surface area contributed by atoms with Crippen molar-refractivity contribution in [1.82, 2.24) is 14.7 Å². The number of rotatable bonds is 3. The SMILES string of the molecule is CC1CN(C(=O)c2nn(-c3cccc(F)c3)c3c2CCC3)CCC1C(=O)O. The van der Waals surface area contributed by atoms with Crippen molar-refractivity contribution in [3.05, 3.63) is 47.0 Å². The number of aliphatic carboxylic acids is 1. The van der Waals surface area contributed by atoms with Crippen LogP contribution in [0.2, 0.25) is 0 Å². The molecule has 2 aliphatic rings. The van der Waals surface area contributed by atoms with Gasteiger partial charge in [-0.05, 0) is 49.8 Å². The Morgan fingerprint density at radius 1 is 1.30 bits per heavy atom. The van der Waals surface area contributed by atoms with E-state index in [1.54, 1.807) is 21.7 Å². The van der Waals surface area contributed by atoms with Crippen LogP contribution < -0.4 is 0 Å². The molecule has 2 atom stereocenters.